The fourth-order valence-electron chi connectivity index (χ4n) is 4.82. The van der Waals surface area contributed by atoms with Crippen LogP contribution in [0.25, 0.3) is 0 Å². The van der Waals surface area contributed by atoms with Crippen LogP contribution < -0.4 is 23.7 Å². The zero-order valence-electron chi connectivity index (χ0n) is 20.8. The van der Waals surface area contributed by atoms with Gasteiger partial charge < -0.3 is 28.4 Å². The second kappa shape index (κ2) is 9.57. The molecular weight excluding hydrogens is 488 g/mol. The number of hydrogen-bond acceptors (Lipinski definition) is 11. The molecule has 0 unspecified atom stereocenters. The van der Waals surface area contributed by atoms with Crippen LogP contribution in [0.3, 0.4) is 0 Å². The van der Waals surface area contributed by atoms with Crippen LogP contribution in [0.4, 0.5) is 0 Å². The molecule has 0 saturated carbocycles. The normalized spacial score (nSPS) is 18.8. The first-order valence-corrected chi connectivity index (χ1v) is 11.3. The number of carbonyl (C=O) groups excluding carboxylic acids is 5. The van der Waals surface area contributed by atoms with Gasteiger partial charge in [-0.15, -0.1) is 0 Å². The van der Waals surface area contributed by atoms with E-state index in [-0.39, 0.29) is 41.8 Å². The van der Waals surface area contributed by atoms with Crippen LogP contribution in [0.15, 0.2) is 24.3 Å². The van der Waals surface area contributed by atoms with Crippen LogP contribution in [0.5, 0.6) is 28.7 Å². The minimum atomic E-state index is -1.21. The van der Waals surface area contributed by atoms with Gasteiger partial charge in [-0.05, 0) is 29.3 Å². The Bertz CT molecular complexity index is 1340. The van der Waals surface area contributed by atoms with E-state index in [1.807, 2.05) is 0 Å². The molecule has 194 valence electrons. The van der Waals surface area contributed by atoms with E-state index in [4.69, 9.17) is 28.4 Å². The molecule has 0 amide bonds. The van der Waals surface area contributed by atoms with E-state index >= 15 is 0 Å². The summed E-state index contributed by atoms with van der Waals surface area (Å²) in [5.41, 5.74) is 0.548. The van der Waals surface area contributed by atoms with Crippen molar-refractivity contribution in [3.05, 3.63) is 41.0 Å². The van der Waals surface area contributed by atoms with Crippen LogP contribution in [0.2, 0.25) is 0 Å². The van der Waals surface area contributed by atoms with Gasteiger partial charge in [-0.2, -0.15) is 0 Å². The van der Waals surface area contributed by atoms with E-state index in [0.717, 1.165) is 0 Å². The molecule has 0 spiro atoms. The molecule has 2 aromatic carbocycles. The van der Waals surface area contributed by atoms with Gasteiger partial charge in [0.1, 0.15) is 6.61 Å². The molecule has 0 N–H and O–H groups in total. The summed E-state index contributed by atoms with van der Waals surface area (Å²) >= 11 is 0. The van der Waals surface area contributed by atoms with E-state index in [1.54, 1.807) is 18.2 Å². The Kier molecular flexibility index (Phi) is 6.64. The number of fused-ring (bicyclic) bond motifs is 5. The first-order chi connectivity index (χ1) is 17.4. The summed E-state index contributed by atoms with van der Waals surface area (Å²) in [6, 6.07) is 6.16. The highest BCUT2D eigenvalue weighted by Crippen LogP contribution is 2.57. The van der Waals surface area contributed by atoms with Gasteiger partial charge in [-0.25, -0.2) is 0 Å². The Morgan fingerprint density at radius 1 is 0.730 bits per heavy atom. The van der Waals surface area contributed by atoms with Crippen molar-refractivity contribution in [1.82, 2.24) is 0 Å². The third-order valence-electron chi connectivity index (χ3n) is 5.76. The van der Waals surface area contributed by atoms with Crippen LogP contribution in [-0.2, 0) is 35.1 Å². The second-order valence-corrected chi connectivity index (χ2v) is 8.74. The van der Waals surface area contributed by atoms with Crippen LogP contribution in [0.1, 0.15) is 57.2 Å². The maximum absolute atomic E-state index is 12.2. The Balaban J connectivity index is 1.95. The highest BCUT2D eigenvalue weighted by Gasteiger charge is 2.55. The zero-order chi connectivity index (χ0) is 27.1. The molecule has 1 heterocycles. The summed E-state index contributed by atoms with van der Waals surface area (Å²) in [4.78, 5) is 59.1. The monoisotopic (exact) mass is 512 g/mol. The smallest absolute Gasteiger partial charge is 0.308 e. The summed E-state index contributed by atoms with van der Waals surface area (Å²) in [6.45, 7) is 5.95. The van der Waals surface area contributed by atoms with Gasteiger partial charge in [0, 0.05) is 46.6 Å². The number of ether oxygens (including phenoxy) is 6. The summed E-state index contributed by atoms with van der Waals surface area (Å²) in [6.07, 6.45) is 0.190. The van der Waals surface area contributed by atoms with Gasteiger partial charge >= 0.3 is 29.8 Å². The van der Waals surface area contributed by atoms with Crippen molar-refractivity contribution >= 4 is 29.8 Å². The predicted octanol–water partition coefficient (Wildman–Crippen LogP) is 2.77. The third kappa shape index (κ3) is 4.97. The lowest BCUT2D eigenvalue weighted by molar-refractivity contribution is -0.162. The number of esters is 5. The van der Waals surface area contributed by atoms with Crippen molar-refractivity contribution in [2.24, 2.45) is 0 Å². The number of benzene rings is 2. The molecule has 4 rings (SSSR count). The molecule has 0 bridgehead atoms. The molecule has 0 aromatic heterocycles. The molecule has 2 aromatic rings. The largest absolute Gasteiger partial charge is 0.485 e. The van der Waals surface area contributed by atoms with Gasteiger partial charge in [-0.1, -0.05) is 6.07 Å². The molecule has 0 radical (unpaired) electrons. The highest BCUT2D eigenvalue weighted by atomic mass is 16.6. The highest BCUT2D eigenvalue weighted by molar-refractivity contribution is 5.78. The molecule has 11 nitrogen and oxygen atoms in total. The van der Waals surface area contributed by atoms with Crippen LogP contribution >= 0.6 is 0 Å². The Labute approximate surface area is 211 Å². The lowest BCUT2D eigenvalue weighted by Crippen LogP contribution is -2.47. The van der Waals surface area contributed by atoms with Crippen LogP contribution in [-0.4, -0.2) is 42.1 Å². The van der Waals surface area contributed by atoms with E-state index in [1.165, 1.54) is 40.7 Å². The standard InChI is InChI=1S/C26H24O11/c1-12(27)33-20-7-6-18-23-19-9-22(35-14(3)29)21(34-13(2)28)8-17(19)10-26(23,37-16(5)31)11-32-24(18)25(20)36-15(4)30/h6-9,23H,10-11H2,1-5H3/t23-,26+/m1/s1. The maximum atomic E-state index is 12.2. The average Bonchev–Trinajstić information content (AvgIpc) is 3.06. The molecule has 2 aliphatic rings. The molecule has 37 heavy (non-hydrogen) atoms. The fraction of sp³-hybridized carbons (Fsp3) is 0.346. The first kappa shape index (κ1) is 25.7. The van der Waals surface area contributed by atoms with Gasteiger partial charge in [0.2, 0.25) is 5.75 Å². The van der Waals surface area contributed by atoms with Crippen molar-refractivity contribution in [3.8, 4) is 28.7 Å². The number of rotatable bonds is 5. The summed E-state index contributed by atoms with van der Waals surface area (Å²) in [5, 5.41) is 0. The van der Waals surface area contributed by atoms with Gasteiger partial charge in [0.15, 0.2) is 28.6 Å². The average molecular weight is 512 g/mol. The lowest BCUT2D eigenvalue weighted by Gasteiger charge is -2.40. The third-order valence-corrected chi connectivity index (χ3v) is 5.76. The summed E-state index contributed by atoms with van der Waals surface area (Å²) in [5.74, 6) is -3.71. The topological polar surface area (TPSA) is 141 Å². The minimum absolute atomic E-state index is 0.00450. The molecule has 2 atom stereocenters. The van der Waals surface area contributed by atoms with Crippen LogP contribution in [0, 0.1) is 0 Å². The fourth-order valence-corrected chi connectivity index (χ4v) is 4.82. The van der Waals surface area contributed by atoms with E-state index in [2.05, 4.69) is 0 Å². The summed E-state index contributed by atoms with van der Waals surface area (Å²) < 4.78 is 33.0. The number of carbonyl (C=O) groups is 5. The summed E-state index contributed by atoms with van der Waals surface area (Å²) in [7, 11) is 0. The molecule has 0 fully saturated rings. The quantitative estimate of drug-likeness (QED) is 0.431. The molecule has 1 aliphatic carbocycles. The lowest BCUT2D eigenvalue weighted by atomic mass is 9.80. The van der Waals surface area contributed by atoms with E-state index in [0.29, 0.717) is 16.7 Å². The minimum Gasteiger partial charge on any atom is -0.485 e. The predicted molar refractivity (Wildman–Crippen MR) is 124 cm³/mol. The Morgan fingerprint density at radius 3 is 1.86 bits per heavy atom. The molecule has 11 heteroatoms. The van der Waals surface area contributed by atoms with Crippen molar-refractivity contribution < 1.29 is 52.4 Å². The van der Waals surface area contributed by atoms with Gasteiger partial charge in [0.25, 0.3) is 0 Å². The Hall–Kier alpha value is -4.41. The van der Waals surface area contributed by atoms with Crippen molar-refractivity contribution in [1.29, 1.82) is 0 Å². The van der Waals surface area contributed by atoms with Crippen molar-refractivity contribution in [2.45, 2.75) is 52.6 Å². The molecular formula is C26H24O11. The molecule has 0 saturated heterocycles. The number of hydrogen-bond donors (Lipinski definition) is 0. The van der Waals surface area contributed by atoms with Crippen molar-refractivity contribution in [3.63, 3.8) is 0 Å². The van der Waals surface area contributed by atoms with Crippen molar-refractivity contribution in [2.75, 3.05) is 6.61 Å². The first-order valence-electron chi connectivity index (χ1n) is 11.3. The maximum Gasteiger partial charge on any atom is 0.308 e. The van der Waals surface area contributed by atoms with E-state index < -0.39 is 41.4 Å². The Morgan fingerprint density at radius 2 is 1.30 bits per heavy atom. The van der Waals surface area contributed by atoms with Gasteiger partial charge in [0.05, 0.1) is 5.92 Å². The molecule has 1 aliphatic heterocycles. The SMILES string of the molecule is CC(=O)Oc1cc2c(cc1OC(C)=O)[C@H]1c3ccc(OC(C)=O)c(OC(C)=O)c3OC[C@@]1(OC(C)=O)C2. The van der Waals surface area contributed by atoms with Gasteiger partial charge in [-0.3, -0.25) is 24.0 Å². The second-order valence-electron chi connectivity index (χ2n) is 8.74. The zero-order valence-corrected chi connectivity index (χ0v) is 20.8. The van der Waals surface area contributed by atoms with E-state index in [9.17, 15) is 24.0 Å².